The first-order chi connectivity index (χ1) is 8.91. The fraction of sp³-hybridized carbons (Fsp3) is 0.600. The Labute approximate surface area is 114 Å². The van der Waals surface area contributed by atoms with Crippen LogP contribution in [0.15, 0.2) is 18.2 Å². The van der Waals surface area contributed by atoms with Crippen molar-refractivity contribution in [2.45, 2.75) is 46.3 Å². The molecule has 0 saturated carbocycles. The summed E-state index contributed by atoms with van der Waals surface area (Å²) in [5.74, 6) is 2.27. The minimum absolute atomic E-state index is 0.00502. The number of fused-ring (bicyclic) bond motifs is 1. The molecule has 0 aromatic heterocycles. The van der Waals surface area contributed by atoms with Crippen LogP contribution < -0.4 is 19.9 Å². The molecule has 2 rings (SSSR count). The number of rotatable bonds is 4. The van der Waals surface area contributed by atoms with Crippen molar-refractivity contribution < 1.29 is 14.2 Å². The van der Waals surface area contributed by atoms with Gasteiger partial charge in [-0.15, -0.1) is 0 Å². The van der Waals surface area contributed by atoms with Gasteiger partial charge in [-0.2, -0.15) is 0 Å². The average molecular weight is 265 g/mol. The lowest BCUT2D eigenvalue weighted by Gasteiger charge is -2.35. The molecule has 0 bridgehead atoms. The topological polar surface area (TPSA) is 53.7 Å². The highest BCUT2D eigenvalue weighted by Crippen LogP contribution is 2.36. The van der Waals surface area contributed by atoms with Gasteiger partial charge in [0, 0.05) is 17.5 Å². The molecule has 0 fully saturated rings. The van der Waals surface area contributed by atoms with Crippen LogP contribution in [0.25, 0.3) is 0 Å². The van der Waals surface area contributed by atoms with Crippen LogP contribution in [-0.4, -0.2) is 18.9 Å². The Bertz CT molecular complexity index is 440. The van der Waals surface area contributed by atoms with E-state index in [2.05, 4.69) is 27.7 Å². The third-order valence-electron chi connectivity index (χ3n) is 3.32. The summed E-state index contributed by atoms with van der Waals surface area (Å²) in [6, 6.07) is 5.64. The summed E-state index contributed by atoms with van der Waals surface area (Å²) >= 11 is 0. The van der Waals surface area contributed by atoms with Gasteiger partial charge in [0.2, 0.25) is 6.79 Å². The second kappa shape index (κ2) is 5.29. The molecule has 4 heteroatoms. The van der Waals surface area contributed by atoms with E-state index in [4.69, 9.17) is 19.9 Å². The van der Waals surface area contributed by atoms with Crippen molar-refractivity contribution in [2.24, 2.45) is 11.1 Å². The molecule has 1 aliphatic heterocycles. The predicted molar refractivity (Wildman–Crippen MR) is 74.7 cm³/mol. The molecule has 0 amide bonds. The third kappa shape index (κ3) is 3.13. The van der Waals surface area contributed by atoms with E-state index in [1.165, 1.54) is 0 Å². The number of benzene rings is 1. The molecule has 2 atom stereocenters. The van der Waals surface area contributed by atoms with E-state index in [-0.39, 0.29) is 24.4 Å². The monoisotopic (exact) mass is 265 g/mol. The van der Waals surface area contributed by atoms with Crippen LogP contribution >= 0.6 is 0 Å². The van der Waals surface area contributed by atoms with E-state index in [0.29, 0.717) is 0 Å². The molecule has 1 aromatic carbocycles. The minimum atomic E-state index is -0.0436. The Hall–Kier alpha value is -1.42. The van der Waals surface area contributed by atoms with Crippen LogP contribution in [0.4, 0.5) is 0 Å². The highest BCUT2D eigenvalue weighted by atomic mass is 16.7. The largest absolute Gasteiger partial charge is 0.488 e. The molecule has 0 spiro atoms. The maximum Gasteiger partial charge on any atom is 0.231 e. The smallest absolute Gasteiger partial charge is 0.231 e. The number of hydrogen-bond donors (Lipinski definition) is 1. The number of hydrogen-bond acceptors (Lipinski definition) is 4. The van der Waals surface area contributed by atoms with E-state index in [9.17, 15) is 0 Å². The molecular formula is C15H23NO3. The van der Waals surface area contributed by atoms with Crippen LogP contribution in [0.3, 0.4) is 0 Å². The maximum atomic E-state index is 6.18. The first-order valence-corrected chi connectivity index (χ1v) is 6.73. The standard InChI is InChI=1S/C15H23NO3/c1-5-11(16)14(15(2,3)4)19-10-6-7-12-13(8-10)18-9-17-12/h6-8,11,14H,5,9,16H2,1-4H3. The van der Waals surface area contributed by atoms with Gasteiger partial charge in [-0.05, 0) is 18.6 Å². The molecule has 1 heterocycles. The lowest BCUT2D eigenvalue weighted by molar-refractivity contribution is 0.0620. The second-order valence-corrected chi connectivity index (χ2v) is 5.99. The van der Waals surface area contributed by atoms with Crippen LogP contribution in [-0.2, 0) is 0 Å². The van der Waals surface area contributed by atoms with Crippen molar-refractivity contribution in [3.05, 3.63) is 18.2 Å². The van der Waals surface area contributed by atoms with Gasteiger partial charge < -0.3 is 19.9 Å². The van der Waals surface area contributed by atoms with Gasteiger partial charge in [0.05, 0.1) is 0 Å². The van der Waals surface area contributed by atoms with Crippen molar-refractivity contribution in [1.82, 2.24) is 0 Å². The molecule has 1 aliphatic rings. The lowest BCUT2D eigenvalue weighted by Crippen LogP contribution is -2.47. The fourth-order valence-electron chi connectivity index (χ4n) is 2.22. The Morgan fingerprint density at radius 2 is 1.95 bits per heavy atom. The van der Waals surface area contributed by atoms with E-state index in [1.54, 1.807) is 0 Å². The zero-order valence-corrected chi connectivity index (χ0v) is 12.1. The van der Waals surface area contributed by atoms with E-state index >= 15 is 0 Å². The van der Waals surface area contributed by atoms with Crippen molar-refractivity contribution in [2.75, 3.05) is 6.79 Å². The average Bonchev–Trinajstić information content (AvgIpc) is 2.81. The molecule has 0 saturated heterocycles. The molecule has 1 aromatic rings. The van der Waals surface area contributed by atoms with E-state index in [0.717, 1.165) is 23.7 Å². The molecule has 4 nitrogen and oxygen atoms in total. The summed E-state index contributed by atoms with van der Waals surface area (Å²) in [7, 11) is 0. The molecule has 2 N–H and O–H groups in total. The molecule has 2 unspecified atom stereocenters. The molecule has 106 valence electrons. The summed E-state index contributed by atoms with van der Waals surface area (Å²) in [6.45, 7) is 8.77. The normalized spacial score (nSPS) is 17.1. The Balaban J connectivity index is 2.17. The van der Waals surface area contributed by atoms with Crippen LogP contribution in [0.2, 0.25) is 0 Å². The number of ether oxygens (including phenoxy) is 3. The Morgan fingerprint density at radius 3 is 2.58 bits per heavy atom. The second-order valence-electron chi connectivity index (χ2n) is 5.99. The van der Waals surface area contributed by atoms with Gasteiger partial charge in [0.1, 0.15) is 11.9 Å². The summed E-state index contributed by atoms with van der Waals surface area (Å²) in [5.41, 5.74) is 6.16. The van der Waals surface area contributed by atoms with Crippen LogP contribution in [0.5, 0.6) is 17.2 Å². The maximum absolute atomic E-state index is 6.18. The molecular weight excluding hydrogens is 242 g/mol. The highest BCUT2D eigenvalue weighted by molar-refractivity contribution is 5.47. The molecule has 0 radical (unpaired) electrons. The summed E-state index contributed by atoms with van der Waals surface area (Å²) < 4.78 is 16.7. The Kier molecular flexibility index (Phi) is 3.90. The highest BCUT2D eigenvalue weighted by Gasteiger charge is 2.31. The van der Waals surface area contributed by atoms with Crippen molar-refractivity contribution in [3.8, 4) is 17.2 Å². The minimum Gasteiger partial charge on any atom is -0.488 e. The first-order valence-electron chi connectivity index (χ1n) is 6.73. The first kappa shape index (κ1) is 14.0. The van der Waals surface area contributed by atoms with Crippen LogP contribution in [0.1, 0.15) is 34.1 Å². The third-order valence-corrected chi connectivity index (χ3v) is 3.32. The number of nitrogens with two attached hydrogens (primary N) is 1. The van der Waals surface area contributed by atoms with Gasteiger partial charge in [-0.1, -0.05) is 27.7 Å². The summed E-state index contributed by atoms with van der Waals surface area (Å²) in [5, 5.41) is 0. The zero-order chi connectivity index (χ0) is 14.0. The zero-order valence-electron chi connectivity index (χ0n) is 12.1. The van der Waals surface area contributed by atoms with Gasteiger partial charge in [0.15, 0.2) is 11.5 Å². The summed E-state index contributed by atoms with van der Waals surface area (Å²) in [4.78, 5) is 0. The van der Waals surface area contributed by atoms with Gasteiger partial charge in [0.25, 0.3) is 0 Å². The molecule has 0 aliphatic carbocycles. The fourth-order valence-corrected chi connectivity index (χ4v) is 2.22. The van der Waals surface area contributed by atoms with Crippen molar-refractivity contribution in [3.63, 3.8) is 0 Å². The van der Waals surface area contributed by atoms with Gasteiger partial charge in [-0.3, -0.25) is 0 Å². The van der Waals surface area contributed by atoms with Crippen molar-refractivity contribution >= 4 is 0 Å². The van der Waals surface area contributed by atoms with Gasteiger partial charge >= 0.3 is 0 Å². The van der Waals surface area contributed by atoms with E-state index < -0.39 is 0 Å². The predicted octanol–water partition coefficient (Wildman–Crippen LogP) is 2.95. The summed E-state index contributed by atoms with van der Waals surface area (Å²) in [6.07, 6.45) is 0.838. The van der Waals surface area contributed by atoms with E-state index in [1.807, 2.05) is 18.2 Å². The van der Waals surface area contributed by atoms with Crippen molar-refractivity contribution in [1.29, 1.82) is 0 Å². The lowest BCUT2D eigenvalue weighted by atomic mass is 9.84. The Morgan fingerprint density at radius 1 is 1.26 bits per heavy atom. The molecule has 19 heavy (non-hydrogen) atoms. The SMILES string of the molecule is CCC(N)C(Oc1ccc2c(c1)OCO2)C(C)(C)C. The quantitative estimate of drug-likeness (QED) is 0.909. The van der Waals surface area contributed by atoms with Gasteiger partial charge in [-0.25, -0.2) is 0 Å². The van der Waals surface area contributed by atoms with Crippen LogP contribution in [0, 0.1) is 5.41 Å².